The van der Waals surface area contributed by atoms with Gasteiger partial charge in [-0.2, -0.15) is 0 Å². The fourth-order valence-electron chi connectivity index (χ4n) is 11.5. The van der Waals surface area contributed by atoms with Gasteiger partial charge in [-0.1, -0.05) is 249 Å². The Bertz CT molecular complexity index is 4350. The highest BCUT2D eigenvalue weighted by Crippen LogP contribution is 2.40. The average Bonchev–Trinajstić information content (AvgIpc) is 3.65. The van der Waals surface area contributed by atoms with E-state index in [0.29, 0.717) is 0 Å². The van der Waals surface area contributed by atoms with Crippen LogP contribution in [0.2, 0.25) is 0 Å². The monoisotopic (exact) mass is 1030 g/mol. The Hall–Kier alpha value is -10.6. The third-order valence-corrected chi connectivity index (χ3v) is 15.8. The predicted molar refractivity (Wildman–Crippen MR) is 345 cm³/mol. The zero-order chi connectivity index (χ0) is 53.9. The minimum atomic E-state index is 1.08. The van der Waals surface area contributed by atoms with Crippen LogP contribution in [-0.2, 0) is 0 Å². The highest BCUT2D eigenvalue weighted by atomic mass is 15.1. The second-order valence-corrected chi connectivity index (χ2v) is 21.0. The first-order valence-corrected chi connectivity index (χ1v) is 27.9. The van der Waals surface area contributed by atoms with Crippen molar-refractivity contribution in [3.8, 4) is 100 Å². The first kappa shape index (κ1) is 48.7. The molecule has 0 heterocycles. The van der Waals surface area contributed by atoms with Crippen LogP contribution < -0.4 is 4.90 Å². The van der Waals surface area contributed by atoms with Gasteiger partial charge in [0.2, 0.25) is 0 Å². The molecule has 0 radical (unpaired) electrons. The van der Waals surface area contributed by atoms with Gasteiger partial charge in [-0.05, 0) is 207 Å². The Kier molecular flexibility index (Phi) is 13.0. The van der Waals surface area contributed by atoms with E-state index in [9.17, 15) is 0 Å². The van der Waals surface area contributed by atoms with Crippen molar-refractivity contribution in [2.75, 3.05) is 4.90 Å². The maximum atomic E-state index is 2.37. The standard InChI is InChI=1S/C80H55N/c1-4-14-56(15-5-1)64-20-10-24-68(48-64)70-26-12-22-66(50-70)59-36-42-78(43-37-59)81(79-44-38-60(39-45-79)67-23-13-27-71(51-67)69-25-11-21-65(49-69)57-16-6-2-7-17-57)80-46-40-61(41-47-80)73-33-29-63-31-35-75(55-77(63)53-73)74-34-30-62-28-32-72(52-76(62)54-74)58-18-8-3-9-19-58/h1-55H. The molecular formula is C80H55N. The van der Waals surface area contributed by atoms with E-state index in [2.05, 4.69) is 339 Å². The zero-order valence-corrected chi connectivity index (χ0v) is 44.7. The van der Waals surface area contributed by atoms with Gasteiger partial charge in [0.1, 0.15) is 0 Å². The molecule has 0 aliphatic heterocycles. The molecule has 380 valence electrons. The van der Waals surface area contributed by atoms with Crippen molar-refractivity contribution in [1.82, 2.24) is 0 Å². The number of anilines is 3. The first-order chi connectivity index (χ1) is 40.1. The summed E-state index contributed by atoms with van der Waals surface area (Å²) in [6, 6.07) is 122. The van der Waals surface area contributed by atoms with Crippen LogP contribution in [0.15, 0.2) is 334 Å². The predicted octanol–water partition coefficient (Wildman–Crippen LogP) is 22.5. The molecule has 1 heteroatoms. The van der Waals surface area contributed by atoms with Crippen LogP contribution in [0.5, 0.6) is 0 Å². The molecule has 0 aromatic heterocycles. The van der Waals surface area contributed by atoms with Crippen LogP contribution in [-0.4, -0.2) is 0 Å². The van der Waals surface area contributed by atoms with Crippen LogP contribution in [0.3, 0.4) is 0 Å². The normalized spacial score (nSPS) is 11.2. The van der Waals surface area contributed by atoms with Gasteiger partial charge < -0.3 is 4.90 Å². The van der Waals surface area contributed by atoms with E-state index < -0.39 is 0 Å². The minimum absolute atomic E-state index is 1.08. The molecule has 0 aliphatic carbocycles. The number of nitrogens with zero attached hydrogens (tertiary/aromatic N) is 1. The van der Waals surface area contributed by atoms with Crippen molar-refractivity contribution in [3.63, 3.8) is 0 Å². The average molecular weight is 1030 g/mol. The molecule has 81 heavy (non-hydrogen) atoms. The number of fused-ring (bicyclic) bond motifs is 2. The van der Waals surface area contributed by atoms with Gasteiger partial charge in [0, 0.05) is 17.1 Å². The maximum Gasteiger partial charge on any atom is 0.0462 e. The minimum Gasteiger partial charge on any atom is -0.311 e. The van der Waals surface area contributed by atoms with Crippen LogP contribution in [0.1, 0.15) is 0 Å². The SMILES string of the molecule is c1ccc(-c2cccc(-c3cccc(-c4ccc(N(c5ccc(-c6cccc(-c7cccc(-c8ccccc8)c7)c6)cc5)c5ccc(-c6ccc7ccc(-c8ccc9ccc(-c%10ccccc%10)cc9c8)cc7c6)cc5)cc4)c3)c2)cc1. The Morgan fingerprint density at radius 3 is 0.568 bits per heavy atom. The Labute approximate surface area is 474 Å². The molecule has 0 amide bonds. The van der Waals surface area contributed by atoms with Crippen LogP contribution in [0.4, 0.5) is 17.1 Å². The highest BCUT2D eigenvalue weighted by Gasteiger charge is 2.16. The highest BCUT2D eigenvalue weighted by molar-refractivity contribution is 5.95. The third kappa shape index (κ3) is 10.2. The molecule has 0 aliphatic rings. The number of hydrogen-bond donors (Lipinski definition) is 0. The third-order valence-electron chi connectivity index (χ3n) is 15.8. The summed E-state index contributed by atoms with van der Waals surface area (Å²) in [7, 11) is 0. The van der Waals surface area contributed by atoms with Crippen molar-refractivity contribution >= 4 is 38.6 Å². The summed E-state index contributed by atoms with van der Waals surface area (Å²) in [6.07, 6.45) is 0. The van der Waals surface area contributed by atoms with E-state index in [4.69, 9.17) is 0 Å². The molecular weight excluding hydrogens is 975 g/mol. The number of hydrogen-bond acceptors (Lipinski definition) is 1. The lowest BCUT2D eigenvalue weighted by atomic mass is 9.95. The van der Waals surface area contributed by atoms with E-state index >= 15 is 0 Å². The molecule has 0 atom stereocenters. The van der Waals surface area contributed by atoms with E-state index in [1.165, 1.54) is 111 Å². The molecule has 14 aromatic rings. The van der Waals surface area contributed by atoms with Crippen LogP contribution in [0, 0.1) is 0 Å². The molecule has 0 bridgehead atoms. The molecule has 1 nitrogen and oxygen atoms in total. The number of benzene rings is 14. The van der Waals surface area contributed by atoms with Gasteiger partial charge in [0.15, 0.2) is 0 Å². The molecule has 14 aromatic carbocycles. The molecule has 0 spiro atoms. The van der Waals surface area contributed by atoms with Crippen molar-refractivity contribution in [2.24, 2.45) is 0 Å². The zero-order valence-electron chi connectivity index (χ0n) is 44.7. The first-order valence-electron chi connectivity index (χ1n) is 27.9. The van der Waals surface area contributed by atoms with E-state index in [0.717, 1.165) is 28.2 Å². The lowest BCUT2D eigenvalue weighted by molar-refractivity contribution is 1.28. The number of rotatable bonds is 12. The van der Waals surface area contributed by atoms with E-state index in [-0.39, 0.29) is 0 Å². The lowest BCUT2D eigenvalue weighted by Crippen LogP contribution is -2.09. The quantitative estimate of drug-likeness (QED) is 0.118. The van der Waals surface area contributed by atoms with Gasteiger partial charge >= 0.3 is 0 Å². The lowest BCUT2D eigenvalue weighted by Gasteiger charge is -2.26. The van der Waals surface area contributed by atoms with Gasteiger partial charge in [0.05, 0.1) is 0 Å². The van der Waals surface area contributed by atoms with Crippen molar-refractivity contribution in [1.29, 1.82) is 0 Å². The van der Waals surface area contributed by atoms with Crippen molar-refractivity contribution in [3.05, 3.63) is 334 Å². The van der Waals surface area contributed by atoms with E-state index in [1.54, 1.807) is 0 Å². The van der Waals surface area contributed by atoms with Crippen LogP contribution in [0.25, 0.3) is 122 Å². The summed E-state index contributed by atoms with van der Waals surface area (Å²) in [5, 5.41) is 4.91. The second kappa shape index (κ2) is 21.7. The summed E-state index contributed by atoms with van der Waals surface area (Å²) in [4.78, 5) is 2.37. The molecule has 0 N–H and O–H groups in total. The fourth-order valence-corrected chi connectivity index (χ4v) is 11.5. The smallest absolute Gasteiger partial charge is 0.0462 e. The van der Waals surface area contributed by atoms with Crippen LogP contribution >= 0.6 is 0 Å². The molecule has 14 rings (SSSR count). The summed E-state index contributed by atoms with van der Waals surface area (Å²) < 4.78 is 0. The topological polar surface area (TPSA) is 3.24 Å². The Morgan fingerprint density at radius 1 is 0.123 bits per heavy atom. The van der Waals surface area contributed by atoms with Gasteiger partial charge in [0.25, 0.3) is 0 Å². The molecule has 0 unspecified atom stereocenters. The Balaban J connectivity index is 0.779. The Morgan fingerprint density at radius 2 is 0.309 bits per heavy atom. The fraction of sp³-hybridized carbons (Fsp3) is 0. The van der Waals surface area contributed by atoms with Crippen molar-refractivity contribution < 1.29 is 0 Å². The summed E-state index contributed by atoms with van der Waals surface area (Å²) in [5.74, 6) is 0. The van der Waals surface area contributed by atoms with Gasteiger partial charge in [-0.3, -0.25) is 0 Å². The maximum absolute atomic E-state index is 2.37. The second-order valence-electron chi connectivity index (χ2n) is 21.0. The summed E-state index contributed by atoms with van der Waals surface area (Å²) in [5.41, 5.74) is 24.8. The van der Waals surface area contributed by atoms with Crippen molar-refractivity contribution in [2.45, 2.75) is 0 Å². The molecule has 0 saturated heterocycles. The summed E-state index contributed by atoms with van der Waals surface area (Å²) >= 11 is 0. The van der Waals surface area contributed by atoms with Gasteiger partial charge in [-0.25, -0.2) is 0 Å². The van der Waals surface area contributed by atoms with Gasteiger partial charge in [-0.15, -0.1) is 0 Å². The van der Waals surface area contributed by atoms with E-state index in [1.807, 2.05) is 0 Å². The summed E-state index contributed by atoms with van der Waals surface area (Å²) in [6.45, 7) is 0. The molecule has 0 saturated carbocycles. The molecule has 0 fully saturated rings. The largest absolute Gasteiger partial charge is 0.311 e.